The van der Waals surface area contributed by atoms with E-state index in [1.165, 1.54) is 0 Å². The Morgan fingerprint density at radius 1 is 1.80 bits per heavy atom. The Kier molecular flexibility index (Phi) is 2.83. The first kappa shape index (κ1) is 7.69. The molecule has 0 aliphatic heterocycles. The molecule has 0 amide bonds. The van der Waals surface area contributed by atoms with Gasteiger partial charge in [-0.1, -0.05) is 6.92 Å². The largest absolute Gasteiger partial charge is 0.396 e. The number of rotatable bonds is 3. The molecule has 0 bridgehead atoms. The summed E-state index contributed by atoms with van der Waals surface area (Å²) in [5.41, 5.74) is 0. The van der Waals surface area contributed by atoms with Crippen LogP contribution in [0.2, 0.25) is 0 Å². The van der Waals surface area contributed by atoms with Crippen LogP contribution in [-0.2, 0) is 0 Å². The average molecular weight is 157 g/mol. The van der Waals surface area contributed by atoms with Crippen molar-refractivity contribution in [2.75, 3.05) is 6.61 Å². The molecular formula is C7H11NOS. The van der Waals surface area contributed by atoms with Crippen molar-refractivity contribution in [3.63, 3.8) is 0 Å². The average Bonchev–Trinajstić information content (AvgIpc) is 2.38. The van der Waals surface area contributed by atoms with E-state index in [9.17, 15) is 0 Å². The van der Waals surface area contributed by atoms with E-state index in [1.807, 2.05) is 5.38 Å². The van der Waals surface area contributed by atoms with Gasteiger partial charge in [0.1, 0.15) is 0 Å². The van der Waals surface area contributed by atoms with Crippen LogP contribution in [0.1, 0.15) is 24.3 Å². The second-order valence-electron chi connectivity index (χ2n) is 2.28. The molecule has 0 aromatic carbocycles. The second-order valence-corrected chi connectivity index (χ2v) is 3.21. The van der Waals surface area contributed by atoms with Crippen molar-refractivity contribution in [3.8, 4) is 0 Å². The van der Waals surface area contributed by atoms with Crippen molar-refractivity contribution >= 4 is 11.3 Å². The van der Waals surface area contributed by atoms with Crippen LogP contribution in [0.3, 0.4) is 0 Å². The predicted octanol–water partition coefficient (Wildman–Crippen LogP) is 1.63. The van der Waals surface area contributed by atoms with E-state index in [-0.39, 0.29) is 6.61 Å². The number of aromatic nitrogens is 1. The molecule has 0 aliphatic carbocycles. The summed E-state index contributed by atoms with van der Waals surface area (Å²) < 4.78 is 0. The fraction of sp³-hybridized carbons (Fsp3) is 0.571. The van der Waals surface area contributed by atoms with Gasteiger partial charge < -0.3 is 5.11 Å². The van der Waals surface area contributed by atoms with Gasteiger partial charge in [-0.25, -0.2) is 4.98 Å². The zero-order chi connectivity index (χ0) is 7.40. The van der Waals surface area contributed by atoms with E-state index in [4.69, 9.17) is 5.11 Å². The summed E-state index contributed by atoms with van der Waals surface area (Å²) in [6.45, 7) is 2.33. The highest BCUT2D eigenvalue weighted by atomic mass is 32.1. The monoisotopic (exact) mass is 157 g/mol. The predicted molar refractivity (Wildman–Crippen MR) is 42.2 cm³/mol. The van der Waals surface area contributed by atoms with Gasteiger partial charge >= 0.3 is 0 Å². The van der Waals surface area contributed by atoms with Crippen LogP contribution in [0.25, 0.3) is 0 Å². The lowest BCUT2D eigenvalue weighted by Gasteiger charge is -2.03. The molecule has 1 atom stereocenters. The molecule has 0 saturated heterocycles. The maximum absolute atomic E-state index is 8.61. The Bertz CT molecular complexity index is 174. The van der Waals surface area contributed by atoms with Crippen molar-refractivity contribution in [2.45, 2.75) is 19.3 Å². The normalized spacial score (nSPS) is 13.4. The minimum absolute atomic E-state index is 0.251. The molecule has 3 heteroatoms. The lowest BCUT2D eigenvalue weighted by atomic mass is 10.1. The van der Waals surface area contributed by atoms with E-state index in [1.54, 1.807) is 17.5 Å². The molecule has 0 unspecified atom stereocenters. The van der Waals surface area contributed by atoms with Crippen molar-refractivity contribution in [2.24, 2.45) is 0 Å². The third-order valence-corrected chi connectivity index (χ3v) is 2.44. The van der Waals surface area contributed by atoms with Gasteiger partial charge in [-0.3, -0.25) is 0 Å². The maximum Gasteiger partial charge on any atom is 0.0953 e. The number of thiazole rings is 1. The number of aliphatic hydroxyl groups excluding tert-OH is 1. The van der Waals surface area contributed by atoms with Crippen LogP contribution in [0, 0.1) is 0 Å². The third-order valence-electron chi connectivity index (χ3n) is 1.44. The molecule has 1 heterocycles. The summed E-state index contributed by atoms with van der Waals surface area (Å²) in [6, 6.07) is 0. The Labute approximate surface area is 64.5 Å². The molecule has 0 spiro atoms. The Morgan fingerprint density at radius 2 is 2.60 bits per heavy atom. The van der Waals surface area contributed by atoms with Crippen LogP contribution < -0.4 is 0 Å². The summed E-state index contributed by atoms with van der Waals surface area (Å²) in [6.07, 6.45) is 2.61. The van der Waals surface area contributed by atoms with E-state index in [0.717, 1.165) is 11.4 Å². The molecule has 10 heavy (non-hydrogen) atoms. The SMILES string of the molecule is C[C@H](CCO)c1nccs1. The molecular weight excluding hydrogens is 146 g/mol. The van der Waals surface area contributed by atoms with Gasteiger partial charge in [0.15, 0.2) is 0 Å². The van der Waals surface area contributed by atoms with Crippen molar-refractivity contribution < 1.29 is 5.11 Å². The maximum atomic E-state index is 8.61. The lowest BCUT2D eigenvalue weighted by Crippen LogP contribution is -1.95. The summed E-state index contributed by atoms with van der Waals surface area (Å²) in [4.78, 5) is 4.14. The van der Waals surface area contributed by atoms with Gasteiger partial charge in [0, 0.05) is 24.1 Å². The van der Waals surface area contributed by atoms with Gasteiger partial charge in [-0.15, -0.1) is 11.3 Å². The summed E-state index contributed by atoms with van der Waals surface area (Å²) in [5.74, 6) is 0.407. The Hall–Kier alpha value is -0.410. The molecule has 1 aromatic heterocycles. The minimum Gasteiger partial charge on any atom is -0.396 e. The fourth-order valence-corrected chi connectivity index (χ4v) is 1.53. The number of nitrogens with zero attached hydrogens (tertiary/aromatic N) is 1. The first-order valence-electron chi connectivity index (χ1n) is 3.35. The summed E-state index contributed by atoms with van der Waals surface area (Å²) >= 11 is 1.65. The fourth-order valence-electron chi connectivity index (χ4n) is 0.795. The smallest absolute Gasteiger partial charge is 0.0953 e. The number of aliphatic hydroxyl groups is 1. The molecule has 56 valence electrons. The van der Waals surface area contributed by atoms with Crippen molar-refractivity contribution in [1.29, 1.82) is 0 Å². The van der Waals surface area contributed by atoms with E-state index in [0.29, 0.717) is 5.92 Å². The second kappa shape index (κ2) is 3.68. The number of hydrogen-bond donors (Lipinski definition) is 1. The van der Waals surface area contributed by atoms with Crippen LogP contribution in [-0.4, -0.2) is 16.7 Å². The number of hydrogen-bond acceptors (Lipinski definition) is 3. The van der Waals surface area contributed by atoms with E-state index >= 15 is 0 Å². The van der Waals surface area contributed by atoms with Crippen molar-refractivity contribution in [3.05, 3.63) is 16.6 Å². The summed E-state index contributed by atoms with van der Waals surface area (Å²) in [5, 5.41) is 11.7. The topological polar surface area (TPSA) is 33.1 Å². The molecule has 1 N–H and O–H groups in total. The molecule has 0 aliphatic rings. The van der Waals surface area contributed by atoms with Gasteiger partial charge in [0.05, 0.1) is 5.01 Å². The highest BCUT2D eigenvalue weighted by molar-refractivity contribution is 7.09. The Morgan fingerprint density at radius 3 is 3.10 bits per heavy atom. The molecule has 1 rings (SSSR count). The summed E-state index contributed by atoms with van der Waals surface area (Å²) in [7, 11) is 0. The molecule has 0 radical (unpaired) electrons. The van der Waals surface area contributed by atoms with Crippen LogP contribution in [0.15, 0.2) is 11.6 Å². The van der Waals surface area contributed by atoms with Crippen LogP contribution >= 0.6 is 11.3 Å². The Balaban J connectivity index is 2.50. The molecule has 0 saturated carbocycles. The van der Waals surface area contributed by atoms with Crippen LogP contribution in [0.4, 0.5) is 0 Å². The third kappa shape index (κ3) is 1.78. The standard InChI is InChI=1S/C7H11NOS/c1-6(2-4-9)7-8-3-5-10-7/h3,5-6,9H,2,4H2,1H3/t6-/m1/s1. The zero-order valence-electron chi connectivity index (χ0n) is 5.95. The minimum atomic E-state index is 0.251. The van der Waals surface area contributed by atoms with Gasteiger partial charge in [-0.05, 0) is 6.42 Å². The quantitative estimate of drug-likeness (QED) is 0.723. The lowest BCUT2D eigenvalue weighted by molar-refractivity contribution is 0.278. The van der Waals surface area contributed by atoms with Gasteiger partial charge in [-0.2, -0.15) is 0 Å². The van der Waals surface area contributed by atoms with Gasteiger partial charge in [0.2, 0.25) is 0 Å². The highest BCUT2D eigenvalue weighted by Crippen LogP contribution is 2.19. The van der Waals surface area contributed by atoms with E-state index < -0.39 is 0 Å². The molecule has 2 nitrogen and oxygen atoms in total. The van der Waals surface area contributed by atoms with Crippen LogP contribution in [0.5, 0.6) is 0 Å². The van der Waals surface area contributed by atoms with Gasteiger partial charge in [0.25, 0.3) is 0 Å². The first-order valence-corrected chi connectivity index (χ1v) is 4.23. The first-order chi connectivity index (χ1) is 4.84. The molecule has 0 fully saturated rings. The van der Waals surface area contributed by atoms with E-state index in [2.05, 4.69) is 11.9 Å². The zero-order valence-corrected chi connectivity index (χ0v) is 6.77. The molecule has 1 aromatic rings. The van der Waals surface area contributed by atoms with Crippen molar-refractivity contribution in [1.82, 2.24) is 4.98 Å². The highest BCUT2D eigenvalue weighted by Gasteiger charge is 2.05.